The first-order chi connectivity index (χ1) is 8.08. The zero-order chi connectivity index (χ0) is 12.7. The lowest BCUT2D eigenvalue weighted by atomic mass is 10.1. The number of urea groups is 1. The van der Waals surface area contributed by atoms with E-state index in [-0.39, 0.29) is 6.03 Å². The molecule has 0 atom stereocenters. The van der Waals surface area contributed by atoms with Crippen molar-refractivity contribution >= 4 is 6.03 Å². The summed E-state index contributed by atoms with van der Waals surface area (Å²) in [6, 6.07) is 8.01. The van der Waals surface area contributed by atoms with Crippen LogP contribution in [0, 0.1) is 6.92 Å². The van der Waals surface area contributed by atoms with Crippen molar-refractivity contribution in [2.75, 3.05) is 27.2 Å². The summed E-state index contributed by atoms with van der Waals surface area (Å²) in [5.41, 5.74) is 2.34. The first kappa shape index (κ1) is 13.5. The van der Waals surface area contributed by atoms with E-state index in [2.05, 4.69) is 10.6 Å². The van der Waals surface area contributed by atoms with E-state index in [4.69, 9.17) is 0 Å². The van der Waals surface area contributed by atoms with Gasteiger partial charge in [0.25, 0.3) is 0 Å². The number of hydrogen-bond acceptors (Lipinski definition) is 2. The summed E-state index contributed by atoms with van der Waals surface area (Å²) in [7, 11) is 3.96. The van der Waals surface area contributed by atoms with E-state index >= 15 is 0 Å². The molecule has 1 rings (SSSR count). The van der Waals surface area contributed by atoms with Crippen molar-refractivity contribution < 1.29 is 4.79 Å². The van der Waals surface area contributed by atoms with Gasteiger partial charge < -0.3 is 15.5 Å². The van der Waals surface area contributed by atoms with E-state index in [9.17, 15) is 4.79 Å². The average Bonchev–Trinajstić information content (AvgIpc) is 2.28. The monoisotopic (exact) mass is 235 g/mol. The van der Waals surface area contributed by atoms with Crippen LogP contribution in [0.3, 0.4) is 0 Å². The highest BCUT2D eigenvalue weighted by molar-refractivity contribution is 5.73. The molecule has 0 fully saturated rings. The summed E-state index contributed by atoms with van der Waals surface area (Å²) in [6.07, 6.45) is 0. The van der Waals surface area contributed by atoms with Crippen molar-refractivity contribution in [3.05, 3.63) is 35.4 Å². The first-order valence-electron chi connectivity index (χ1n) is 5.80. The number of likely N-dealkylation sites (N-methyl/N-ethyl adjacent to an activating group) is 1. The second-order valence-corrected chi connectivity index (χ2v) is 4.40. The normalized spacial score (nSPS) is 10.4. The minimum atomic E-state index is -0.118. The Morgan fingerprint density at radius 1 is 1.18 bits per heavy atom. The Balaban J connectivity index is 2.21. The largest absolute Gasteiger partial charge is 0.337 e. The summed E-state index contributed by atoms with van der Waals surface area (Å²) < 4.78 is 0. The van der Waals surface area contributed by atoms with Gasteiger partial charge in [-0.1, -0.05) is 29.8 Å². The Bertz CT molecular complexity index is 346. The molecular weight excluding hydrogens is 214 g/mol. The topological polar surface area (TPSA) is 44.4 Å². The summed E-state index contributed by atoms with van der Waals surface area (Å²) in [5, 5.41) is 5.63. The molecule has 17 heavy (non-hydrogen) atoms. The Labute approximate surface area is 103 Å². The molecule has 0 bridgehead atoms. The smallest absolute Gasteiger partial charge is 0.315 e. The summed E-state index contributed by atoms with van der Waals surface area (Å²) in [4.78, 5) is 13.5. The van der Waals surface area contributed by atoms with E-state index < -0.39 is 0 Å². The maximum absolute atomic E-state index is 11.4. The molecular formula is C13H21N3O. The third kappa shape index (κ3) is 5.92. The Morgan fingerprint density at radius 3 is 2.41 bits per heavy atom. The lowest BCUT2D eigenvalue weighted by Gasteiger charge is -2.11. The number of amides is 2. The Kier molecular flexibility index (Phi) is 5.49. The number of aryl methyl sites for hydroxylation is 1. The van der Waals surface area contributed by atoms with Crippen LogP contribution in [0.25, 0.3) is 0 Å². The summed E-state index contributed by atoms with van der Waals surface area (Å²) in [6.45, 7) is 4.12. The van der Waals surface area contributed by atoms with Gasteiger partial charge in [-0.2, -0.15) is 0 Å². The van der Waals surface area contributed by atoms with E-state index in [1.54, 1.807) is 0 Å². The number of benzene rings is 1. The van der Waals surface area contributed by atoms with Crippen molar-refractivity contribution in [2.45, 2.75) is 13.5 Å². The summed E-state index contributed by atoms with van der Waals surface area (Å²) >= 11 is 0. The van der Waals surface area contributed by atoms with Crippen LogP contribution in [0.2, 0.25) is 0 Å². The maximum atomic E-state index is 11.4. The van der Waals surface area contributed by atoms with E-state index in [1.807, 2.05) is 50.2 Å². The molecule has 0 aliphatic carbocycles. The molecule has 0 radical (unpaired) electrons. The molecule has 0 saturated carbocycles. The molecule has 4 heteroatoms. The van der Waals surface area contributed by atoms with Crippen LogP contribution in [-0.2, 0) is 6.54 Å². The van der Waals surface area contributed by atoms with Crippen LogP contribution >= 0.6 is 0 Å². The molecule has 0 heterocycles. The SMILES string of the molecule is Cc1ccc(CNC(=O)NCCN(C)C)cc1. The van der Waals surface area contributed by atoms with Crippen LogP contribution in [0.15, 0.2) is 24.3 Å². The lowest BCUT2D eigenvalue weighted by molar-refractivity contribution is 0.239. The highest BCUT2D eigenvalue weighted by Crippen LogP contribution is 2.02. The molecule has 0 aliphatic rings. The van der Waals surface area contributed by atoms with Gasteiger partial charge in [-0.05, 0) is 26.6 Å². The fourth-order valence-corrected chi connectivity index (χ4v) is 1.34. The van der Waals surface area contributed by atoms with Crippen LogP contribution in [0.5, 0.6) is 0 Å². The number of hydrogen-bond donors (Lipinski definition) is 2. The predicted octanol–water partition coefficient (Wildman–Crippen LogP) is 1.36. The van der Waals surface area contributed by atoms with Crippen LogP contribution in [0.1, 0.15) is 11.1 Å². The second kappa shape index (κ2) is 6.91. The molecule has 1 aromatic rings. The molecule has 0 unspecified atom stereocenters. The highest BCUT2D eigenvalue weighted by atomic mass is 16.2. The van der Waals surface area contributed by atoms with Crippen LogP contribution in [0.4, 0.5) is 4.79 Å². The highest BCUT2D eigenvalue weighted by Gasteiger charge is 1.99. The van der Waals surface area contributed by atoms with Gasteiger partial charge in [0, 0.05) is 19.6 Å². The minimum Gasteiger partial charge on any atom is -0.337 e. The first-order valence-corrected chi connectivity index (χ1v) is 5.80. The minimum absolute atomic E-state index is 0.118. The molecule has 0 aliphatic heterocycles. The van der Waals surface area contributed by atoms with E-state index in [0.717, 1.165) is 12.1 Å². The van der Waals surface area contributed by atoms with Gasteiger partial charge >= 0.3 is 6.03 Å². The summed E-state index contributed by atoms with van der Waals surface area (Å²) in [5.74, 6) is 0. The maximum Gasteiger partial charge on any atom is 0.315 e. The fraction of sp³-hybridized carbons (Fsp3) is 0.462. The predicted molar refractivity (Wildman–Crippen MR) is 70.0 cm³/mol. The van der Waals surface area contributed by atoms with Gasteiger partial charge in [0.05, 0.1) is 0 Å². The van der Waals surface area contributed by atoms with Crippen LogP contribution < -0.4 is 10.6 Å². The average molecular weight is 235 g/mol. The molecule has 2 amide bonds. The Hall–Kier alpha value is -1.55. The van der Waals surface area contributed by atoms with Crippen molar-refractivity contribution in [3.8, 4) is 0 Å². The Morgan fingerprint density at radius 2 is 1.82 bits per heavy atom. The van der Waals surface area contributed by atoms with Gasteiger partial charge in [-0.3, -0.25) is 0 Å². The lowest BCUT2D eigenvalue weighted by Crippen LogP contribution is -2.38. The molecule has 0 saturated heterocycles. The van der Waals surface area contributed by atoms with Crippen molar-refractivity contribution in [1.82, 2.24) is 15.5 Å². The van der Waals surface area contributed by atoms with Gasteiger partial charge in [0.15, 0.2) is 0 Å². The number of rotatable bonds is 5. The quantitative estimate of drug-likeness (QED) is 0.809. The molecule has 1 aromatic carbocycles. The van der Waals surface area contributed by atoms with Gasteiger partial charge in [0.2, 0.25) is 0 Å². The molecule has 2 N–H and O–H groups in total. The standard InChI is InChI=1S/C13H21N3O/c1-11-4-6-12(7-5-11)10-15-13(17)14-8-9-16(2)3/h4-7H,8-10H2,1-3H3,(H2,14,15,17). The zero-order valence-electron chi connectivity index (χ0n) is 10.8. The van der Waals surface area contributed by atoms with Crippen molar-refractivity contribution in [2.24, 2.45) is 0 Å². The zero-order valence-corrected chi connectivity index (χ0v) is 10.8. The number of carbonyl (C=O) groups is 1. The number of carbonyl (C=O) groups excluding carboxylic acids is 1. The van der Waals surface area contributed by atoms with Gasteiger partial charge in [0.1, 0.15) is 0 Å². The van der Waals surface area contributed by atoms with Crippen molar-refractivity contribution in [3.63, 3.8) is 0 Å². The second-order valence-electron chi connectivity index (χ2n) is 4.40. The molecule has 4 nitrogen and oxygen atoms in total. The molecule has 0 aromatic heterocycles. The van der Waals surface area contributed by atoms with E-state index in [1.165, 1.54) is 5.56 Å². The number of nitrogens with zero attached hydrogens (tertiary/aromatic N) is 1. The third-order valence-corrected chi connectivity index (χ3v) is 2.42. The molecule has 94 valence electrons. The van der Waals surface area contributed by atoms with Gasteiger partial charge in [-0.15, -0.1) is 0 Å². The van der Waals surface area contributed by atoms with Crippen LogP contribution in [-0.4, -0.2) is 38.1 Å². The molecule has 0 spiro atoms. The number of nitrogens with one attached hydrogen (secondary N) is 2. The fourth-order valence-electron chi connectivity index (χ4n) is 1.34. The van der Waals surface area contributed by atoms with Gasteiger partial charge in [-0.25, -0.2) is 4.79 Å². The third-order valence-electron chi connectivity index (χ3n) is 2.42. The van der Waals surface area contributed by atoms with Crippen molar-refractivity contribution in [1.29, 1.82) is 0 Å². The van der Waals surface area contributed by atoms with E-state index in [0.29, 0.717) is 13.1 Å².